The molecule has 0 spiro atoms. The van der Waals surface area contributed by atoms with Gasteiger partial charge in [-0.1, -0.05) is 6.07 Å². The van der Waals surface area contributed by atoms with Crippen LogP contribution in [-0.4, -0.2) is 25.2 Å². The Labute approximate surface area is 115 Å². The molecule has 0 amide bonds. The van der Waals surface area contributed by atoms with Crippen molar-refractivity contribution in [2.45, 2.75) is 39.0 Å². The average molecular weight is 261 g/mol. The summed E-state index contributed by atoms with van der Waals surface area (Å²) in [5, 5.41) is 9.16. The number of hydrogen-bond acceptors (Lipinski definition) is 2. The van der Waals surface area contributed by atoms with E-state index in [1.165, 1.54) is 22.4 Å². The predicted molar refractivity (Wildman–Crippen MR) is 78.0 cm³/mol. The van der Waals surface area contributed by atoms with Gasteiger partial charge in [-0.15, -0.1) is 0 Å². The van der Waals surface area contributed by atoms with E-state index < -0.39 is 5.97 Å². The minimum atomic E-state index is -0.695. The summed E-state index contributed by atoms with van der Waals surface area (Å²) in [5.41, 5.74) is 4.88. The number of benzene rings is 1. The lowest BCUT2D eigenvalue weighted by molar-refractivity contribution is -0.137. The van der Waals surface area contributed by atoms with Gasteiger partial charge in [0, 0.05) is 19.8 Å². The van der Waals surface area contributed by atoms with Gasteiger partial charge in [0.1, 0.15) is 0 Å². The van der Waals surface area contributed by atoms with E-state index >= 15 is 0 Å². The van der Waals surface area contributed by atoms with Crippen LogP contribution in [0.4, 0.5) is 5.69 Å². The van der Waals surface area contributed by atoms with Crippen molar-refractivity contribution in [3.8, 4) is 0 Å². The standard InChI is InChI=1S/C16H23NO2/c1-10-7-14(15(17(3)4)8-11(10)2)13(9-16(18)19)12-5-6-12/h7-8,12-13H,5-6,9H2,1-4H3,(H,18,19). The molecule has 1 unspecified atom stereocenters. The molecule has 1 atom stereocenters. The van der Waals surface area contributed by atoms with Crippen LogP contribution in [0.15, 0.2) is 12.1 Å². The molecule has 2 rings (SSSR count). The lowest BCUT2D eigenvalue weighted by Gasteiger charge is -2.25. The van der Waals surface area contributed by atoms with Gasteiger partial charge in [-0.3, -0.25) is 4.79 Å². The van der Waals surface area contributed by atoms with Crippen molar-refractivity contribution in [1.82, 2.24) is 0 Å². The summed E-state index contributed by atoms with van der Waals surface area (Å²) < 4.78 is 0. The summed E-state index contributed by atoms with van der Waals surface area (Å²) in [5.74, 6) is 0.0194. The normalized spacial score (nSPS) is 16.2. The number of aryl methyl sites for hydroxylation is 2. The van der Waals surface area contributed by atoms with Gasteiger partial charge in [-0.2, -0.15) is 0 Å². The lowest BCUT2D eigenvalue weighted by Crippen LogP contribution is -2.16. The molecule has 1 aliphatic rings. The number of hydrogen-bond donors (Lipinski definition) is 1. The fourth-order valence-corrected chi connectivity index (χ4v) is 2.72. The number of rotatable bonds is 5. The van der Waals surface area contributed by atoms with Gasteiger partial charge in [-0.25, -0.2) is 0 Å². The first kappa shape index (κ1) is 13.9. The van der Waals surface area contributed by atoms with Crippen LogP contribution < -0.4 is 4.90 Å². The second-order valence-corrected chi connectivity index (χ2v) is 5.93. The van der Waals surface area contributed by atoms with E-state index in [1.54, 1.807) is 0 Å². The van der Waals surface area contributed by atoms with Crippen LogP contribution in [0.25, 0.3) is 0 Å². The topological polar surface area (TPSA) is 40.5 Å². The van der Waals surface area contributed by atoms with E-state index in [0.29, 0.717) is 5.92 Å². The monoisotopic (exact) mass is 261 g/mol. The van der Waals surface area contributed by atoms with E-state index in [9.17, 15) is 4.79 Å². The maximum absolute atomic E-state index is 11.1. The summed E-state index contributed by atoms with van der Waals surface area (Å²) >= 11 is 0. The van der Waals surface area contributed by atoms with Gasteiger partial charge in [-0.05, 0) is 61.3 Å². The van der Waals surface area contributed by atoms with E-state index in [0.717, 1.165) is 12.8 Å². The third kappa shape index (κ3) is 3.09. The SMILES string of the molecule is Cc1cc(C(CC(=O)O)C2CC2)c(N(C)C)cc1C. The van der Waals surface area contributed by atoms with Gasteiger partial charge in [0.2, 0.25) is 0 Å². The fraction of sp³-hybridized carbons (Fsp3) is 0.562. The lowest BCUT2D eigenvalue weighted by atomic mass is 9.87. The third-order valence-electron chi connectivity index (χ3n) is 4.11. The molecule has 1 aliphatic carbocycles. The Morgan fingerprint density at radius 3 is 2.37 bits per heavy atom. The minimum Gasteiger partial charge on any atom is -0.481 e. The number of carboxylic acid groups (broad SMARTS) is 1. The zero-order valence-electron chi connectivity index (χ0n) is 12.2. The maximum Gasteiger partial charge on any atom is 0.303 e. The molecule has 1 fully saturated rings. The molecule has 0 saturated heterocycles. The quantitative estimate of drug-likeness (QED) is 0.883. The molecule has 104 valence electrons. The van der Waals surface area contributed by atoms with E-state index in [-0.39, 0.29) is 12.3 Å². The molecule has 0 radical (unpaired) electrons. The van der Waals surface area contributed by atoms with Crippen molar-refractivity contribution in [2.24, 2.45) is 5.92 Å². The number of carbonyl (C=O) groups is 1. The van der Waals surface area contributed by atoms with Crippen molar-refractivity contribution in [3.05, 3.63) is 28.8 Å². The Hall–Kier alpha value is -1.51. The summed E-state index contributed by atoms with van der Waals surface area (Å²) in [7, 11) is 4.05. The molecule has 0 bridgehead atoms. The van der Waals surface area contributed by atoms with E-state index in [2.05, 4.69) is 30.9 Å². The number of nitrogens with zero attached hydrogens (tertiary/aromatic N) is 1. The average Bonchev–Trinajstić information content (AvgIpc) is 3.12. The molecule has 0 aliphatic heterocycles. The number of anilines is 1. The Kier molecular flexibility index (Phi) is 3.83. The molecule has 3 nitrogen and oxygen atoms in total. The highest BCUT2D eigenvalue weighted by molar-refractivity contribution is 5.70. The molecule has 3 heteroatoms. The first-order valence-electron chi connectivity index (χ1n) is 6.90. The molecule has 0 heterocycles. The van der Waals surface area contributed by atoms with Crippen molar-refractivity contribution in [1.29, 1.82) is 0 Å². The molecular weight excluding hydrogens is 238 g/mol. The van der Waals surface area contributed by atoms with Crippen molar-refractivity contribution >= 4 is 11.7 Å². The van der Waals surface area contributed by atoms with E-state index in [4.69, 9.17) is 5.11 Å². The molecule has 1 aromatic rings. The van der Waals surface area contributed by atoms with Gasteiger partial charge >= 0.3 is 5.97 Å². The molecular formula is C16H23NO2. The third-order valence-corrected chi connectivity index (χ3v) is 4.11. The Balaban J connectivity index is 2.45. The minimum absolute atomic E-state index is 0.161. The second kappa shape index (κ2) is 5.24. The number of aliphatic carboxylic acids is 1. The van der Waals surface area contributed by atoms with Gasteiger partial charge < -0.3 is 10.0 Å². The van der Waals surface area contributed by atoms with Crippen LogP contribution in [0.1, 0.15) is 41.9 Å². The molecule has 1 saturated carbocycles. The van der Waals surface area contributed by atoms with Crippen LogP contribution in [0, 0.1) is 19.8 Å². The highest BCUT2D eigenvalue weighted by Crippen LogP contribution is 2.47. The summed E-state index contributed by atoms with van der Waals surface area (Å²) in [4.78, 5) is 13.2. The van der Waals surface area contributed by atoms with Crippen LogP contribution in [0.3, 0.4) is 0 Å². The summed E-state index contributed by atoms with van der Waals surface area (Å²) in [6.45, 7) is 4.21. The Morgan fingerprint density at radius 1 is 1.32 bits per heavy atom. The largest absolute Gasteiger partial charge is 0.481 e. The van der Waals surface area contributed by atoms with Crippen LogP contribution >= 0.6 is 0 Å². The van der Waals surface area contributed by atoms with Gasteiger partial charge in [0.15, 0.2) is 0 Å². The fourth-order valence-electron chi connectivity index (χ4n) is 2.72. The molecule has 1 N–H and O–H groups in total. The summed E-state index contributed by atoms with van der Waals surface area (Å²) in [6, 6.07) is 4.37. The van der Waals surface area contributed by atoms with Crippen LogP contribution in [-0.2, 0) is 4.79 Å². The second-order valence-electron chi connectivity index (χ2n) is 5.93. The van der Waals surface area contributed by atoms with Crippen LogP contribution in [0.5, 0.6) is 0 Å². The summed E-state index contributed by atoms with van der Waals surface area (Å²) in [6.07, 6.45) is 2.57. The number of carboxylic acids is 1. The highest BCUT2D eigenvalue weighted by atomic mass is 16.4. The van der Waals surface area contributed by atoms with Crippen molar-refractivity contribution in [2.75, 3.05) is 19.0 Å². The first-order chi connectivity index (χ1) is 8.90. The zero-order chi connectivity index (χ0) is 14.2. The Bertz CT molecular complexity index is 490. The highest BCUT2D eigenvalue weighted by Gasteiger charge is 2.35. The molecule has 1 aromatic carbocycles. The van der Waals surface area contributed by atoms with Gasteiger partial charge in [0.05, 0.1) is 6.42 Å². The first-order valence-corrected chi connectivity index (χ1v) is 6.90. The van der Waals surface area contributed by atoms with Gasteiger partial charge in [0.25, 0.3) is 0 Å². The van der Waals surface area contributed by atoms with E-state index in [1.807, 2.05) is 14.1 Å². The zero-order valence-corrected chi connectivity index (χ0v) is 12.2. The maximum atomic E-state index is 11.1. The smallest absolute Gasteiger partial charge is 0.303 e. The molecule has 19 heavy (non-hydrogen) atoms. The molecule has 0 aromatic heterocycles. The van der Waals surface area contributed by atoms with Crippen molar-refractivity contribution < 1.29 is 9.90 Å². The Morgan fingerprint density at radius 2 is 1.89 bits per heavy atom. The van der Waals surface area contributed by atoms with Crippen molar-refractivity contribution in [3.63, 3.8) is 0 Å². The van der Waals surface area contributed by atoms with Crippen LogP contribution in [0.2, 0.25) is 0 Å². The predicted octanol–water partition coefficient (Wildman–Crippen LogP) is 3.34.